The molecular weight excluding hydrogens is 296 g/mol. The number of benzene rings is 2. The highest BCUT2D eigenvalue weighted by atomic mass is 28.3. The van der Waals surface area contributed by atoms with Crippen LogP contribution in [0.2, 0.25) is 11.1 Å². The van der Waals surface area contributed by atoms with Crippen LogP contribution in [0.5, 0.6) is 0 Å². The summed E-state index contributed by atoms with van der Waals surface area (Å²) in [6.45, 7) is 11.2. The Hall–Kier alpha value is -1.38. The number of rotatable bonds is 5. The van der Waals surface area contributed by atoms with Gasteiger partial charge in [-0.2, -0.15) is 0 Å². The highest BCUT2D eigenvalue weighted by molar-refractivity contribution is 7.04. The minimum atomic E-state index is -2.13. The van der Waals surface area contributed by atoms with Gasteiger partial charge in [0, 0.05) is 0 Å². The lowest BCUT2D eigenvalue weighted by Gasteiger charge is -2.45. The summed E-state index contributed by atoms with van der Waals surface area (Å²) in [5.41, 5.74) is 0. The van der Waals surface area contributed by atoms with E-state index in [0.29, 0.717) is 0 Å². The third kappa shape index (κ3) is 3.59. The van der Waals surface area contributed by atoms with E-state index >= 15 is 0 Å². The second-order valence-corrected chi connectivity index (χ2v) is 12.8. The summed E-state index contributed by atoms with van der Waals surface area (Å²) in [6.07, 6.45) is -0.277. The first-order chi connectivity index (χ1) is 10.8. The lowest BCUT2D eigenvalue weighted by molar-refractivity contribution is 0.142. The van der Waals surface area contributed by atoms with E-state index in [1.165, 1.54) is 10.4 Å². The van der Waals surface area contributed by atoms with E-state index in [2.05, 4.69) is 95.3 Å². The van der Waals surface area contributed by atoms with Crippen LogP contribution in [-0.2, 0) is 0 Å². The minimum Gasteiger partial charge on any atom is -0.393 e. The molecule has 0 bridgehead atoms. The van der Waals surface area contributed by atoms with E-state index in [0.717, 1.165) is 6.04 Å². The maximum atomic E-state index is 10.8. The van der Waals surface area contributed by atoms with Crippen molar-refractivity contribution in [2.75, 3.05) is 0 Å². The van der Waals surface area contributed by atoms with Crippen molar-refractivity contribution >= 4 is 18.4 Å². The molecule has 0 fully saturated rings. The normalized spacial score (nSPS) is 14.0. The highest BCUT2D eigenvalue weighted by Crippen LogP contribution is 2.40. The summed E-state index contributed by atoms with van der Waals surface area (Å²) in [4.78, 5) is 0. The van der Waals surface area contributed by atoms with Crippen molar-refractivity contribution in [2.24, 2.45) is 5.92 Å². The minimum absolute atomic E-state index is 0.117. The summed E-state index contributed by atoms with van der Waals surface area (Å²) in [6, 6.07) is 22.6. The van der Waals surface area contributed by atoms with Gasteiger partial charge in [0.15, 0.2) is 0 Å². The first-order valence-electron chi connectivity index (χ1n) is 8.58. The molecule has 1 atom stereocenters. The fraction of sp³-hybridized carbons (Fsp3) is 0.429. The largest absolute Gasteiger partial charge is 0.393 e. The van der Waals surface area contributed by atoms with E-state index in [9.17, 15) is 5.11 Å². The molecule has 2 aromatic carbocycles. The van der Waals surface area contributed by atoms with E-state index in [-0.39, 0.29) is 17.1 Å². The molecule has 1 nitrogen and oxygen atoms in total. The van der Waals surface area contributed by atoms with Gasteiger partial charge in [-0.15, -0.1) is 0 Å². The Balaban J connectivity index is 2.69. The number of aliphatic hydroxyl groups is 1. The zero-order chi connectivity index (χ0) is 17.1. The van der Waals surface area contributed by atoms with Crippen molar-refractivity contribution in [1.82, 2.24) is 0 Å². The average molecular weight is 327 g/mol. The van der Waals surface area contributed by atoms with E-state index < -0.39 is 8.07 Å². The lowest BCUT2D eigenvalue weighted by atomic mass is 10.1. The Morgan fingerprint density at radius 2 is 1.22 bits per heavy atom. The molecule has 0 aliphatic carbocycles. The lowest BCUT2D eigenvalue weighted by Crippen LogP contribution is -2.65. The molecular formula is C21H30OSi. The molecule has 0 radical (unpaired) electrons. The van der Waals surface area contributed by atoms with Crippen LogP contribution >= 0.6 is 0 Å². The maximum absolute atomic E-state index is 10.8. The molecule has 0 aliphatic rings. The Bertz CT molecular complexity index is 559. The highest BCUT2D eigenvalue weighted by Gasteiger charge is 2.48. The zero-order valence-corrected chi connectivity index (χ0v) is 16.1. The number of hydrogen-bond acceptors (Lipinski definition) is 1. The van der Waals surface area contributed by atoms with E-state index in [1.807, 2.05) is 0 Å². The van der Waals surface area contributed by atoms with Gasteiger partial charge in [-0.1, -0.05) is 106 Å². The van der Waals surface area contributed by atoms with Crippen LogP contribution in [0.1, 0.15) is 34.6 Å². The monoisotopic (exact) mass is 326 g/mol. The fourth-order valence-corrected chi connectivity index (χ4v) is 9.34. The van der Waals surface area contributed by atoms with Crippen LogP contribution in [0.25, 0.3) is 0 Å². The molecule has 2 aromatic rings. The summed E-state index contributed by atoms with van der Waals surface area (Å²) >= 11 is 0. The third-order valence-electron chi connectivity index (χ3n) is 5.10. The van der Waals surface area contributed by atoms with Gasteiger partial charge in [-0.25, -0.2) is 0 Å². The summed E-state index contributed by atoms with van der Waals surface area (Å²) in [5.74, 6) is 0.275. The van der Waals surface area contributed by atoms with Gasteiger partial charge in [0.25, 0.3) is 0 Å². The van der Waals surface area contributed by atoms with E-state index in [4.69, 9.17) is 0 Å². The molecule has 0 unspecified atom stereocenters. The van der Waals surface area contributed by atoms with Gasteiger partial charge in [0.2, 0.25) is 0 Å². The molecule has 124 valence electrons. The standard InChI is InChI=1S/C21H30OSi/c1-17(2)20(22)16-23(21(3,4)5,18-12-8-6-9-13-18)19-14-10-7-11-15-19/h6-15,17,20,22H,16H2,1-5H3/t20-/m0/s1. The van der Waals surface area contributed by atoms with Crippen LogP contribution in [0.4, 0.5) is 0 Å². The fourth-order valence-electron chi connectivity index (χ4n) is 3.57. The topological polar surface area (TPSA) is 20.2 Å². The molecule has 0 saturated heterocycles. The third-order valence-corrected chi connectivity index (χ3v) is 11.3. The van der Waals surface area contributed by atoms with Gasteiger partial charge in [-0.05, 0) is 17.0 Å². The van der Waals surface area contributed by atoms with Crippen molar-refractivity contribution in [2.45, 2.75) is 51.8 Å². The first-order valence-corrected chi connectivity index (χ1v) is 10.8. The number of hydrogen-bond donors (Lipinski definition) is 1. The molecule has 2 heteroatoms. The van der Waals surface area contributed by atoms with Crippen LogP contribution in [-0.4, -0.2) is 19.3 Å². The van der Waals surface area contributed by atoms with Crippen molar-refractivity contribution in [1.29, 1.82) is 0 Å². The average Bonchev–Trinajstić information content (AvgIpc) is 2.52. The SMILES string of the molecule is CC(C)[C@@H](O)C[Si](c1ccccc1)(c1ccccc1)C(C)(C)C. The Morgan fingerprint density at radius 1 is 0.826 bits per heavy atom. The Kier molecular flexibility index (Phi) is 5.48. The predicted octanol–water partition coefficient (Wildman–Crippen LogP) is 4.07. The molecule has 1 N–H and O–H groups in total. The van der Waals surface area contributed by atoms with Gasteiger partial charge in [0.05, 0.1) is 6.10 Å². The Labute approximate surface area is 142 Å². The van der Waals surface area contributed by atoms with Crippen molar-refractivity contribution < 1.29 is 5.11 Å². The molecule has 2 rings (SSSR count). The molecule has 0 amide bonds. The summed E-state index contributed by atoms with van der Waals surface area (Å²) in [5, 5.41) is 13.7. The molecule has 0 spiro atoms. The molecule has 23 heavy (non-hydrogen) atoms. The van der Waals surface area contributed by atoms with Gasteiger partial charge in [-0.3, -0.25) is 0 Å². The molecule has 0 aromatic heterocycles. The molecule has 0 heterocycles. The van der Waals surface area contributed by atoms with E-state index in [1.54, 1.807) is 0 Å². The van der Waals surface area contributed by atoms with Gasteiger partial charge >= 0.3 is 0 Å². The van der Waals surface area contributed by atoms with Crippen LogP contribution in [0, 0.1) is 5.92 Å². The smallest absolute Gasteiger partial charge is 0.125 e. The van der Waals surface area contributed by atoms with Crippen molar-refractivity contribution in [3.63, 3.8) is 0 Å². The van der Waals surface area contributed by atoms with Crippen LogP contribution < -0.4 is 10.4 Å². The quantitative estimate of drug-likeness (QED) is 0.821. The van der Waals surface area contributed by atoms with Crippen LogP contribution in [0.3, 0.4) is 0 Å². The molecule has 0 saturated carbocycles. The second kappa shape index (κ2) is 7.02. The molecule has 0 aliphatic heterocycles. The second-order valence-electron chi connectivity index (χ2n) is 7.90. The van der Waals surface area contributed by atoms with Crippen molar-refractivity contribution in [3.05, 3.63) is 60.7 Å². The summed E-state index contributed by atoms with van der Waals surface area (Å²) < 4.78 is 0. The zero-order valence-electron chi connectivity index (χ0n) is 15.1. The first kappa shape index (κ1) is 18.0. The van der Waals surface area contributed by atoms with Crippen LogP contribution in [0.15, 0.2) is 60.7 Å². The predicted molar refractivity (Wildman–Crippen MR) is 103 cm³/mol. The van der Waals surface area contributed by atoms with Gasteiger partial charge < -0.3 is 5.11 Å². The number of aliphatic hydroxyl groups excluding tert-OH is 1. The van der Waals surface area contributed by atoms with Crippen molar-refractivity contribution in [3.8, 4) is 0 Å². The Morgan fingerprint density at radius 3 is 1.52 bits per heavy atom. The summed E-state index contributed by atoms with van der Waals surface area (Å²) in [7, 11) is -2.13. The van der Waals surface area contributed by atoms with Gasteiger partial charge in [0.1, 0.15) is 8.07 Å². The maximum Gasteiger partial charge on any atom is 0.125 e.